The molecule has 3 nitrogen and oxygen atoms in total. The van der Waals surface area contributed by atoms with Gasteiger partial charge >= 0.3 is 0 Å². The topological polar surface area (TPSA) is 50.2 Å². The maximum absolute atomic E-state index is 10.0. The van der Waals surface area contributed by atoms with E-state index in [0.29, 0.717) is 0 Å². The van der Waals surface area contributed by atoms with Crippen LogP contribution in [0.1, 0.15) is 47.2 Å². The van der Waals surface area contributed by atoms with Crippen LogP contribution in [0.5, 0.6) is 0 Å². The van der Waals surface area contributed by atoms with Crippen LogP contribution in [0.2, 0.25) is 0 Å². The number of ketones is 1. The van der Waals surface area contributed by atoms with E-state index in [0.717, 1.165) is 11.3 Å². The number of allylic oxidation sites excluding steroid dienone is 2. The summed E-state index contributed by atoms with van der Waals surface area (Å²) in [6.07, 6.45) is 3.06. The molecule has 1 heterocycles. The van der Waals surface area contributed by atoms with E-state index in [2.05, 4.69) is 80.6 Å². The second-order valence-corrected chi connectivity index (χ2v) is 9.10. The molecule has 0 saturated carbocycles. The molecule has 1 spiro atoms. The molecule has 6 rings (SSSR count). The number of pyridine rings is 1. The standard InChI is InChI=1S/C26H18N.C5H8O2.Ir/c1-16-9-11-22-19(14-16)20-15-17(2)10-12-23(20)26(22)21-7-4-3-6-18(21)25-24(26)8-5-13-27-25;1-4(6)3-5(2)7;/h3-5,7-15H,1-2H3;3,6H,1-2H3;/q-1;;/b;4-3-;. The van der Waals surface area contributed by atoms with E-state index in [1.54, 1.807) is 0 Å². The Labute approximate surface area is 219 Å². The van der Waals surface area contributed by atoms with Crippen molar-refractivity contribution in [2.24, 2.45) is 0 Å². The molecule has 1 N–H and O–H groups in total. The predicted octanol–water partition coefficient (Wildman–Crippen LogP) is 6.88. The molecule has 1 radical (unpaired) electrons. The Kier molecular flexibility index (Phi) is 6.64. The molecule has 0 aliphatic heterocycles. The van der Waals surface area contributed by atoms with E-state index in [1.807, 2.05) is 12.3 Å². The van der Waals surface area contributed by atoms with Gasteiger partial charge in [-0.05, 0) is 61.7 Å². The number of fused-ring (bicyclic) bond motifs is 10. The van der Waals surface area contributed by atoms with Crippen LogP contribution < -0.4 is 0 Å². The quantitative estimate of drug-likeness (QED) is 0.122. The van der Waals surface area contributed by atoms with Gasteiger partial charge in [0.2, 0.25) is 0 Å². The normalized spacial score (nSPS) is 13.5. The van der Waals surface area contributed by atoms with Crippen molar-refractivity contribution in [2.75, 3.05) is 0 Å². The molecule has 2 aliphatic carbocycles. The number of aromatic nitrogens is 1. The van der Waals surface area contributed by atoms with Gasteiger partial charge in [0.1, 0.15) is 0 Å². The van der Waals surface area contributed by atoms with E-state index >= 15 is 0 Å². The second-order valence-electron chi connectivity index (χ2n) is 9.10. The van der Waals surface area contributed by atoms with Crippen LogP contribution in [0.25, 0.3) is 22.4 Å². The second kappa shape index (κ2) is 9.37. The molecule has 177 valence electrons. The van der Waals surface area contributed by atoms with Crippen LogP contribution in [-0.4, -0.2) is 15.9 Å². The van der Waals surface area contributed by atoms with Gasteiger partial charge in [-0.3, -0.25) is 4.79 Å². The van der Waals surface area contributed by atoms with Gasteiger partial charge in [0.15, 0.2) is 5.78 Å². The van der Waals surface area contributed by atoms with Crippen LogP contribution in [0.3, 0.4) is 0 Å². The van der Waals surface area contributed by atoms with E-state index < -0.39 is 0 Å². The van der Waals surface area contributed by atoms with Crippen LogP contribution >= 0.6 is 0 Å². The van der Waals surface area contributed by atoms with E-state index in [9.17, 15) is 4.79 Å². The number of aliphatic hydroxyl groups is 1. The molecular weight excluding hydrogens is 611 g/mol. The minimum absolute atomic E-state index is 0. The van der Waals surface area contributed by atoms with E-state index in [-0.39, 0.29) is 37.1 Å². The fraction of sp³-hybridized carbons (Fsp3) is 0.161. The number of rotatable bonds is 1. The maximum atomic E-state index is 10.0. The molecule has 35 heavy (non-hydrogen) atoms. The molecule has 3 aromatic carbocycles. The van der Waals surface area contributed by atoms with Crippen molar-refractivity contribution in [3.63, 3.8) is 0 Å². The monoisotopic (exact) mass is 637 g/mol. The van der Waals surface area contributed by atoms with Gasteiger partial charge in [-0.15, -0.1) is 35.4 Å². The molecule has 0 amide bonds. The Hall–Kier alpha value is -3.33. The molecule has 2 aliphatic rings. The van der Waals surface area contributed by atoms with Gasteiger partial charge in [-0.2, -0.15) is 0 Å². The van der Waals surface area contributed by atoms with Crippen molar-refractivity contribution in [3.05, 3.63) is 124 Å². The smallest absolute Gasteiger partial charge is 0.155 e. The minimum atomic E-state index is -0.289. The van der Waals surface area contributed by atoms with Crippen molar-refractivity contribution < 1.29 is 30.0 Å². The first-order valence-electron chi connectivity index (χ1n) is 11.4. The summed E-state index contributed by atoms with van der Waals surface area (Å²) >= 11 is 0. The number of aliphatic hydroxyl groups excluding tert-OH is 1. The third-order valence-corrected chi connectivity index (χ3v) is 6.57. The summed E-state index contributed by atoms with van der Waals surface area (Å²) in [5.74, 6) is -0.0625. The minimum Gasteiger partial charge on any atom is -0.512 e. The average Bonchev–Trinajstić information content (AvgIpc) is 3.25. The summed E-state index contributed by atoms with van der Waals surface area (Å²) in [6.45, 7) is 7.19. The van der Waals surface area contributed by atoms with Crippen molar-refractivity contribution >= 4 is 5.78 Å². The molecule has 0 bridgehead atoms. The van der Waals surface area contributed by atoms with Crippen molar-refractivity contribution in [3.8, 4) is 22.4 Å². The molecule has 1 aromatic heterocycles. The summed E-state index contributed by atoms with van der Waals surface area (Å²) in [5, 5.41) is 8.36. The SMILES string of the molecule is CC(=O)/C=C(/C)O.Cc1ccc2c(c1)-c1cc(C)ccc1C21c2ccc[c-]c2-c2ncccc21.[Ir]. The third kappa shape index (κ3) is 3.87. The fourth-order valence-corrected chi connectivity index (χ4v) is 5.43. The van der Waals surface area contributed by atoms with Crippen molar-refractivity contribution in [1.29, 1.82) is 0 Å². The third-order valence-electron chi connectivity index (χ3n) is 6.57. The van der Waals surface area contributed by atoms with Crippen LogP contribution in [0, 0.1) is 19.9 Å². The average molecular weight is 637 g/mol. The molecule has 0 fully saturated rings. The molecule has 0 atom stereocenters. The number of nitrogens with zero attached hydrogens (tertiary/aromatic N) is 1. The zero-order valence-corrected chi connectivity index (χ0v) is 22.5. The van der Waals surface area contributed by atoms with E-state index in [4.69, 9.17) is 10.1 Å². The Morgan fingerprint density at radius 3 is 2.03 bits per heavy atom. The molecule has 4 heteroatoms. The number of hydrogen-bond donors (Lipinski definition) is 1. The molecular formula is C31H26IrNO2-. The first kappa shape index (κ1) is 24.8. The zero-order valence-electron chi connectivity index (χ0n) is 20.1. The Morgan fingerprint density at radius 1 is 0.886 bits per heavy atom. The summed E-state index contributed by atoms with van der Waals surface area (Å²) < 4.78 is 0. The van der Waals surface area contributed by atoms with Crippen molar-refractivity contribution in [1.82, 2.24) is 4.98 Å². The Balaban J connectivity index is 0.000000320. The summed E-state index contributed by atoms with van der Waals surface area (Å²) in [7, 11) is 0. The first-order chi connectivity index (χ1) is 16.3. The largest absolute Gasteiger partial charge is 0.512 e. The summed E-state index contributed by atoms with van der Waals surface area (Å²) in [6, 6.07) is 27.9. The molecule has 0 unspecified atom stereocenters. The van der Waals surface area contributed by atoms with Crippen LogP contribution in [-0.2, 0) is 30.3 Å². The van der Waals surface area contributed by atoms with Gasteiger partial charge in [0.25, 0.3) is 0 Å². The fourth-order valence-electron chi connectivity index (χ4n) is 5.43. The summed E-state index contributed by atoms with van der Waals surface area (Å²) in [5.41, 5.74) is 12.5. The van der Waals surface area contributed by atoms with Gasteiger partial charge in [0, 0.05) is 37.8 Å². The first-order valence-corrected chi connectivity index (χ1v) is 11.4. The number of carbonyl (C=O) groups is 1. The van der Waals surface area contributed by atoms with E-state index in [1.165, 1.54) is 64.4 Å². The predicted molar refractivity (Wildman–Crippen MR) is 136 cm³/mol. The number of carbonyl (C=O) groups excluding carboxylic acids is 1. The Morgan fingerprint density at radius 2 is 1.49 bits per heavy atom. The van der Waals surface area contributed by atoms with Crippen molar-refractivity contribution in [2.45, 2.75) is 33.1 Å². The van der Waals surface area contributed by atoms with Crippen LogP contribution in [0.15, 0.2) is 84.8 Å². The van der Waals surface area contributed by atoms with Crippen LogP contribution in [0.4, 0.5) is 0 Å². The van der Waals surface area contributed by atoms with Gasteiger partial charge in [-0.25, -0.2) is 0 Å². The zero-order chi connectivity index (χ0) is 24.0. The summed E-state index contributed by atoms with van der Waals surface area (Å²) in [4.78, 5) is 14.8. The van der Waals surface area contributed by atoms with Gasteiger partial charge < -0.3 is 10.1 Å². The molecule has 4 aromatic rings. The van der Waals surface area contributed by atoms with Gasteiger partial charge in [0.05, 0.1) is 5.76 Å². The number of benzene rings is 3. The maximum Gasteiger partial charge on any atom is 0.155 e. The number of aryl methyl sites for hydroxylation is 2. The van der Waals surface area contributed by atoms with Gasteiger partial charge in [-0.1, -0.05) is 59.2 Å². The Bertz CT molecular complexity index is 1380. The molecule has 0 saturated heterocycles. The number of hydrogen-bond acceptors (Lipinski definition) is 3.